The smallest absolute Gasteiger partial charge is 0.426 e. The summed E-state index contributed by atoms with van der Waals surface area (Å²) in [7, 11) is -1.64. The van der Waals surface area contributed by atoms with Crippen LogP contribution in [0.4, 0.5) is 0 Å². The Balaban J connectivity index is 2.09. The average Bonchev–Trinajstić information content (AvgIpc) is 2.68. The SMILES string of the molecule is CC(C)C[C@H](NC(=O)[C@H](Cc1ccccc1)NC(=O)C1CCCCC1)B(O)O. The second-order valence-electron chi connectivity index (χ2n) is 8.24. The van der Waals surface area contributed by atoms with Crippen LogP contribution in [0.5, 0.6) is 0 Å². The molecule has 154 valence electrons. The van der Waals surface area contributed by atoms with E-state index < -0.39 is 19.1 Å². The van der Waals surface area contributed by atoms with Gasteiger partial charge in [0.2, 0.25) is 11.8 Å². The Kier molecular flexibility index (Phi) is 8.99. The first-order valence-electron chi connectivity index (χ1n) is 10.4. The second-order valence-corrected chi connectivity index (χ2v) is 8.24. The third kappa shape index (κ3) is 7.28. The van der Waals surface area contributed by atoms with Crippen LogP contribution < -0.4 is 10.6 Å². The Labute approximate surface area is 168 Å². The molecule has 0 saturated heterocycles. The fourth-order valence-corrected chi connectivity index (χ4v) is 3.76. The first kappa shape index (κ1) is 22.4. The molecule has 1 aliphatic rings. The lowest BCUT2D eigenvalue weighted by molar-refractivity contribution is -0.132. The van der Waals surface area contributed by atoms with Crippen molar-refractivity contribution < 1.29 is 19.6 Å². The zero-order chi connectivity index (χ0) is 20.5. The fraction of sp³-hybridized carbons (Fsp3) is 0.619. The number of carbonyl (C=O) groups excluding carboxylic acids is 2. The third-order valence-electron chi connectivity index (χ3n) is 5.30. The first-order chi connectivity index (χ1) is 13.4. The topological polar surface area (TPSA) is 98.7 Å². The van der Waals surface area contributed by atoms with E-state index in [0.717, 1.165) is 37.7 Å². The quantitative estimate of drug-likeness (QED) is 0.485. The maximum absolute atomic E-state index is 12.9. The highest BCUT2D eigenvalue weighted by atomic mass is 16.4. The van der Waals surface area contributed by atoms with Crippen LogP contribution in [-0.2, 0) is 16.0 Å². The summed E-state index contributed by atoms with van der Waals surface area (Å²) in [4.78, 5) is 25.6. The zero-order valence-corrected chi connectivity index (χ0v) is 16.9. The van der Waals surface area contributed by atoms with E-state index in [1.54, 1.807) is 0 Å². The molecule has 2 rings (SSSR count). The first-order valence-corrected chi connectivity index (χ1v) is 10.4. The Bertz CT molecular complexity index is 618. The monoisotopic (exact) mass is 388 g/mol. The fourth-order valence-electron chi connectivity index (χ4n) is 3.76. The number of benzene rings is 1. The normalized spacial score (nSPS) is 17.0. The molecule has 0 radical (unpaired) electrons. The molecule has 28 heavy (non-hydrogen) atoms. The molecular weight excluding hydrogens is 355 g/mol. The molecule has 7 heteroatoms. The van der Waals surface area contributed by atoms with E-state index in [9.17, 15) is 19.6 Å². The van der Waals surface area contributed by atoms with Gasteiger partial charge in [-0.2, -0.15) is 0 Å². The molecular formula is C21H33BN2O4. The van der Waals surface area contributed by atoms with E-state index in [4.69, 9.17) is 0 Å². The Morgan fingerprint density at radius 1 is 1.07 bits per heavy atom. The molecule has 0 spiro atoms. The molecule has 0 bridgehead atoms. The largest absolute Gasteiger partial charge is 0.475 e. The van der Waals surface area contributed by atoms with Crippen molar-refractivity contribution in [3.05, 3.63) is 35.9 Å². The van der Waals surface area contributed by atoms with Crippen LogP contribution in [-0.4, -0.2) is 41.0 Å². The summed E-state index contributed by atoms with van der Waals surface area (Å²) >= 11 is 0. The van der Waals surface area contributed by atoms with Crippen LogP contribution >= 0.6 is 0 Å². The lowest BCUT2D eigenvalue weighted by atomic mass is 9.75. The van der Waals surface area contributed by atoms with Crippen LogP contribution in [0, 0.1) is 11.8 Å². The minimum Gasteiger partial charge on any atom is -0.426 e. The highest BCUT2D eigenvalue weighted by molar-refractivity contribution is 6.43. The van der Waals surface area contributed by atoms with E-state index in [2.05, 4.69) is 10.6 Å². The van der Waals surface area contributed by atoms with Crippen LogP contribution in [0.15, 0.2) is 30.3 Å². The van der Waals surface area contributed by atoms with Gasteiger partial charge in [0.15, 0.2) is 0 Å². The summed E-state index contributed by atoms with van der Waals surface area (Å²) in [5.41, 5.74) is 0.941. The van der Waals surface area contributed by atoms with E-state index in [0.29, 0.717) is 12.8 Å². The standard InChI is InChI=1S/C21H33BN2O4/c1-15(2)13-19(22(27)28)24-21(26)18(14-16-9-5-3-6-10-16)23-20(25)17-11-7-4-8-12-17/h3,5-6,9-10,15,17-19,27-28H,4,7-8,11-14H2,1-2H3,(H,23,25)(H,24,26)/t18-,19-/m0/s1. The Hall–Kier alpha value is -1.86. The lowest BCUT2D eigenvalue weighted by Gasteiger charge is -2.27. The van der Waals surface area contributed by atoms with Crippen molar-refractivity contribution in [3.63, 3.8) is 0 Å². The summed E-state index contributed by atoms with van der Waals surface area (Å²) in [5, 5.41) is 24.9. The third-order valence-corrected chi connectivity index (χ3v) is 5.30. The second kappa shape index (κ2) is 11.2. The molecule has 0 aromatic heterocycles. The molecule has 0 unspecified atom stereocenters. The van der Waals surface area contributed by atoms with Gasteiger partial charge >= 0.3 is 7.12 Å². The van der Waals surface area contributed by atoms with Crippen molar-refractivity contribution in [2.45, 2.75) is 70.8 Å². The molecule has 1 saturated carbocycles. The van der Waals surface area contributed by atoms with Gasteiger partial charge in [0, 0.05) is 12.3 Å². The van der Waals surface area contributed by atoms with E-state index in [1.165, 1.54) is 0 Å². The van der Waals surface area contributed by atoms with Gasteiger partial charge in [-0.1, -0.05) is 63.4 Å². The highest BCUT2D eigenvalue weighted by Gasteiger charge is 2.31. The number of rotatable bonds is 9. The number of carbonyl (C=O) groups is 2. The van der Waals surface area contributed by atoms with E-state index in [-0.39, 0.29) is 23.7 Å². The number of amides is 2. The van der Waals surface area contributed by atoms with Gasteiger partial charge in [0.05, 0.1) is 5.94 Å². The predicted octanol–water partition coefficient (Wildman–Crippen LogP) is 1.84. The predicted molar refractivity (Wildman–Crippen MR) is 110 cm³/mol. The van der Waals surface area contributed by atoms with Gasteiger partial charge in [-0.3, -0.25) is 9.59 Å². The minimum absolute atomic E-state index is 0.0466. The summed E-state index contributed by atoms with van der Waals surface area (Å²) < 4.78 is 0. The maximum Gasteiger partial charge on any atom is 0.475 e. The summed E-state index contributed by atoms with van der Waals surface area (Å²) in [6.07, 6.45) is 5.76. The minimum atomic E-state index is -1.64. The van der Waals surface area contributed by atoms with Gasteiger partial charge < -0.3 is 20.7 Å². The van der Waals surface area contributed by atoms with Gasteiger partial charge in [0.1, 0.15) is 6.04 Å². The number of nitrogens with one attached hydrogen (secondary N) is 2. The molecule has 2 atom stereocenters. The van der Waals surface area contributed by atoms with Crippen molar-refractivity contribution >= 4 is 18.9 Å². The summed E-state index contributed by atoms with van der Waals surface area (Å²) in [6, 6.07) is 8.78. The molecule has 1 aromatic carbocycles. The van der Waals surface area contributed by atoms with Crippen molar-refractivity contribution in [1.29, 1.82) is 0 Å². The Morgan fingerprint density at radius 3 is 2.29 bits per heavy atom. The van der Waals surface area contributed by atoms with Crippen LogP contribution in [0.2, 0.25) is 0 Å². The molecule has 1 aliphatic carbocycles. The zero-order valence-electron chi connectivity index (χ0n) is 16.9. The van der Waals surface area contributed by atoms with E-state index in [1.807, 2.05) is 44.2 Å². The maximum atomic E-state index is 12.9. The van der Waals surface area contributed by atoms with Gasteiger partial charge in [-0.25, -0.2) is 0 Å². The molecule has 1 fully saturated rings. The molecule has 1 aromatic rings. The summed E-state index contributed by atoms with van der Waals surface area (Å²) in [5.74, 6) is -1.09. The highest BCUT2D eigenvalue weighted by Crippen LogP contribution is 2.24. The lowest BCUT2D eigenvalue weighted by Crippen LogP contribution is -2.55. The van der Waals surface area contributed by atoms with Crippen LogP contribution in [0.25, 0.3) is 0 Å². The Morgan fingerprint density at radius 2 is 1.71 bits per heavy atom. The van der Waals surface area contributed by atoms with Gasteiger partial charge in [-0.15, -0.1) is 0 Å². The van der Waals surface area contributed by atoms with E-state index >= 15 is 0 Å². The van der Waals surface area contributed by atoms with Crippen molar-refractivity contribution in [2.75, 3.05) is 0 Å². The molecule has 6 nitrogen and oxygen atoms in total. The summed E-state index contributed by atoms with van der Waals surface area (Å²) in [6.45, 7) is 3.90. The van der Waals surface area contributed by atoms with Crippen LogP contribution in [0.3, 0.4) is 0 Å². The van der Waals surface area contributed by atoms with Gasteiger partial charge in [-0.05, 0) is 30.7 Å². The average molecular weight is 388 g/mol. The van der Waals surface area contributed by atoms with Crippen molar-refractivity contribution in [1.82, 2.24) is 10.6 Å². The van der Waals surface area contributed by atoms with Crippen molar-refractivity contribution in [2.24, 2.45) is 11.8 Å². The molecule has 0 aliphatic heterocycles. The van der Waals surface area contributed by atoms with Crippen LogP contribution in [0.1, 0.15) is 57.9 Å². The molecule has 0 heterocycles. The van der Waals surface area contributed by atoms with Gasteiger partial charge in [0.25, 0.3) is 0 Å². The number of hydrogen-bond acceptors (Lipinski definition) is 4. The number of hydrogen-bond donors (Lipinski definition) is 4. The molecule has 2 amide bonds. The molecule has 4 N–H and O–H groups in total. The van der Waals surface area contributed by atoms with Crippen molar-refractivity contribution in [3.8, 4) is 0 Å².